The molecule has 150 valence electrons. The molecule has 1 saturated carbocycles. The predicted molar refractivity (Wildman–Crippen MR) is 105 cm³/mol. The van der Waals surface area contributed by atoms with Gasteiger partial charge in [-0.05, 0) is 43.2 Å². The van der Waals surface area contributed by atoms with Gasteiger partial charge in [0, 0.05) is 16.1 Å². The number of amides is 3. The molecule has 1 aliphatic heterocycles. The summed E-state index contributed by atoms with van der Waals surface area (Å²) < 4.78 is 14.3. The number of rotatable bonds is 4. The molecule has 0 aromatic heterocycles. The Kier molecular flexibility index (Phi) is 5.37. The van der Waals surface area contributed by atoms with Crippen molar-refractivity contribution in [3.05, 3.63) is 70.5 Å². The molecule has 1 saturated heterocycles. The number of imide groups is 1. The zero-order valence-corrected chi connectivity index (χ0v) is 16.4. The average molecular weight is 415 g/mol. The Morgan fingerprint density at radius 3 is 2.17 bits per heavy atom. The van der Waals surface area contributed by atoms with Gasteiger partial charge in [0.25, 0.3) is 17.7 Å². The van der Waals surface area contributed by atoms with E-state index in [-0.39, 0.29) is 29.5 Å². The van der Waals surface area contributed by atoms with Crippen LogP contribution in [0.4, 0.5) is 4.39 Å². The highest BCUT2D eigenvalue weighted by Crippen LogP contribution is 2.39. The van der Waals surface area contributed by atoms with Crippen LogP contribution in [-0.4, -0.2) is 27.7 Å². The molecule has 0 N–H and O–H groups in total. The average Bonchev–Trinajstić information content (AvgIpc) is 2.98. The molecule has 2 fully saturated rings. The fraction of sp³-hybridized carbons (Fsp3) is 0.318. The summed E-state index contributed by atoms with van der Waals surface area (Å²) in [5.41, 5.74) is 0.492. The number of hydrazine groups is 1. The summed E-state index contributed by atoms with van der Waals surface area (Å²) in [5.74, 6) is -2.62. The van der Waals surface area contributed by atoms with Crippen molar-refractivity contribution < 1.29 is 18.8 Å². The van der Waals surface area contributed by atoms with Gasteiger partial charge < -0.3 is 0 Å². The molecule has 29 heavy (non-hydrogen) atoms. The van der Waals surface area contributed by atoms with E-state index in [1.54, 1.807) is 24.3 Å². The van der Waals surface area contributed by atoms with E-state index in [4.69, 9.17) is 11.6 Å². The van der Waals surface area contributed by atoms with Crippen LogP contribution in [0.25, 0.3) is 0 Å². The number of fused-ring (bicyclic) bond motifs is 1. The first kappa shape index (κ1) is 19.6. The third-order valence-electron chi connectivity index (χ3n) is 5.66. The molecule has 2 atom stereocenters. The van der Waals surface area contributed by atoms with Crippen LogP contribution in [0, 0.1) is 17.7 Å². The molecule has 0 radical (unpaired) electrons. The SMILES string of the molecule is O=C(c1ccc(Cl)cc1)N(Cc1ccccc1F)N1C(=O)C2CCCCC2C1=O. The first-order valence-electron chi connectivity index (χ1n) is 9.66. The van der Waals surface area contributed by atoms with E-state index in [0.29, 0.717) is 17.9 Å². The standard InChI is InChI=1S/C22H20ClFN2O3/c23-16-11-9-14(10-12-16)20(27)25(13-15-5-1-4-8-19(15)24)26-21(28)17-6-2-3-7-18(17)22(26)29/h1,4-5,8-12,17-18H,2-3,6-7,13H2. The van der Waals surface area contributed by atoms with Crippen molar-refractivity contribution in [2.75, 3.05) is 0 Å². The molecule has 3 amide bonds. The lowest BCUT2D eigenvalue weighted by atomic mass is 9.81. The summed E-state index contributed by atoms with van der Waals surface area (Å²) in [7, 11) is 0. The molecule has 1 aliphatic carbocycles. The maximum Gasteiger partial charge on any atom is 0.273 e. The third-order valence-corrected chi connectivity index (χ3v) is 5.91. The molecule has 2 aliphatic rings. The largest absolute Gasteiger partial charge is 0.273 e. The van der Waals surface area contributed by atoms with E-state index in [9.17, 15) is 18.8 Å². The van der Waals surface area contributed by atoms with E-state index in [2.05, 4.69) is 0 Å². The van der Waals surface area contributed by atoms with Gasteiger partial charge in [-0.2, -0.15) is 5.01 Å². The second kappa shape index (κ2) is 7.95. The van der Waals surface area contributed by atoms with Crippen molar-refractivity contribution in [2.45, 2.75) is 32.2 Å². The fourth-order valence-corrected chi connectivity index (χ4v) is 4.27. The van der Waals surface area contributed by atoms with E-state index in [0.717, 1.165) is 22.9 Å². The number of nitrogens with zero attached hydrogens (tertiary/aromatic N) is 2. The van der Waals surface area contributed by atoms with Gasteiger partial charge in [0.15, 0.2) is 0 Å². The first-order chi connectivity index (χ1) is 14.0. The Labute approximate surface area is 173 Å². The molecule has 0 spiro atoms. The maximum absolute atomic E-state index is 14.3. The quantitative estimate of drug-likeness (QED) is 0.704. The highest BCUT2D eigenvalue weighted by Gasteiger charge is 2.51. The highest BCUT2D eigenvalue weighted by atomic mass is 35.5. The van der Waals surface area contributed by atoms with Gasteiger partial charge in [0.2, 0.25) is 0 Å². The number of hydrogen-bond acceptors (Lipinski definition) is 3. The zero-order valence-electron chi connectivity index (χ0n) is 15.7. The molecule has 2 unspecified atom stereocenters. The van der Waals surface area contributed by atoms with Crippen molar-refractivity contribution in [2.24, 2.45) is 11.8 Å². The van der Waals surface area contributed by atoms with Crippen LogP contribution >= 0.6 is 11.6 Å². The van der Waals surface area contributed by atoms with Crippen molar-refractivity contribution in [3.63, 3.8) is 0 Å². The summed E-state index contributed by atoms with van der Waals surface area (Å²) in [6.07, 6.45) is 3.03. The minimum absolute atomic E-state index is 0.217. The Balaban J connectivity index is 1.72. The molecular weight excluding hydrogens is 395 g/mol. The van der Waals surface area contributed by atoms with Crippen LogP contribution < -0.4 is 0 Å². The minimum atomic E-state index is -0.551. The van der Waals surface area contributed by atoms with Gasteiger partial charge >= 0.3 is 0 Å². The molecular formula is C22H20ClFN2O3. The first-order valence-corrected chi connectivity index (χ1v) is 10.0. The molecule has 2 aromatic carbocycles. The predicted octanol–water partition coefficient (Wildman–Crippen LogP) is 4.21. The van der Waals surface area contributed by atoms with E-state index in [1.807, 2.05) is 0 Å². The number of carbonyl (C=O) groups is 3. The Bertz CT molecular complexity index is 939. The molecule has 0 bridgehead atoms. The van der Waals surface area contributed by atoms with E-state index < -0.39 is 23.6 Å². The number of benzene rings is 2. The third kappa shape index (κ3) is 3.65. The second-order valence-corrected chi connectivity index (χ2v) is 7.88. The summed E-state index contributed by atoms with van der Waals surface area (Å²) in [4.78, 5) is 39.4. The Morgan fingerprint density at radius 2 is 1.59 bits per heavy atom. The lowest BCUT2D eigenvalue weighted by molar-refractivity contribution is -0.155. The number of hydrogen-bond donors (Lipinski definition) is 0. The maximum atomic E-state index is 14.3. The van der Waals surface area contributed by atoms with Crippen LogP contribution in [-0.2, 0) is 16.1 Å². The van der Waals surface area contributed by atoms with E-state index in [1.165, 1.54) is 24.3 Å². The van der Waals surface area contributed by atoms with Gasteiger partial charge in [-0.25, -0.2) is 9.40 Å². The van der Waals surface area contributed by atoms with Crippen molar-refractivity contribution >= 4 is 29.3 Å². The van der Waals surface area contributed by atoms with Gasteiger partial charge in [0.05, 0.1) is 18.4 Å². The summed E-state index contributed by atoms with van der Waals surface area (Å²) in [5, 5.41) is 2.48. The van der Waals surface area contributed by atoms with Crippen LogP contribution in [0.15, 0.2) is 48.5 Å². The minimum Gasteiger partial charge on any atom is -0.272 e. The summed E-state index contributed by atoms with van der Waals surface area (Å²) >= 11 is 5.91. The van der Waals surface area contributed by atoms with Crippen molar-refractivity contribution in [1.29, 1.82) is 0 Å². The van der Waals surface area contributed by atoms with E-state index >= 15 is 0 Å². The van der Waals surface area contributed by atoms with Crippen molar-refractivity contribution in [1.82, 2.24) is 10.0 Å². The number of carbonyl (C=O) groups excluding carboxylic acids is 3. The van der Waals surface area contributed by atoms with Gasteiger partial charge in [-0.15, -0.1) is 0 Å². The van der Waals surface area contributed by atoms with Crippen LogP contribution in [0.2, 0.25) is 5.02 Å². The Hall–Kier alpha value is -2.73. The normalized spacial score (nSPS) is 21.2. The highest BCUT2D eigenvalue weighted by molar-refractivity contribution is 6.30. The topological polar surface area (TPSA) is 57.7 Å². The monoisotopic (exact) mass is 414 g/mol. The smallest absolute Gasteiger partial charge is 0.272 e. The van der Waals surface area contributed by atoms with Crippen molar-refractivity contribution in [3.8, 4) is 0 Å². The zero-order chi connectivity index (χ0) is 20.5. The fourth-order valence-electron chi connectivity index (χ4n) is 4.15. The molecule has 7 heteroatoms. The van der Waals surface area contributed by atoms with Gasteiger partial charge in [-0.1, -0.05) is 42.6 Å². The molecule has 4 rings (SSSR count). The lowest BCUT2D eigenvalue weighted by Crippen LogP contribution is -2.49. The second-order valence-electron chi connectivity index (χ2n) is 7.45. The Morgan fingerprint density at radius 1 is 1.00 bits per heavy atom. The van der Waals surface area contributed by atoms with Gasteiger partial charge in [0.1, 0.15) is 5.82 Å². The molecule has 2 aromatic rings. The lowest BCUT2D eigenvalue weighted by Gasteiger charge is -2.30. The van der Waals surface area contributed by atoms with Crippen LogP contribution in [0.1, 0.15) is 41.6 Å². The summed E-state index contributed by atoms with van der Waals surface area (Å²) in [6, 6.07) is 12.2. The summed E-state index contributed by atoms with van der Waals surface area (Å²) in [6.45, 7) is -0.217. The molecule has 1 heterocycles. The number of halogens is 2. The van der Waals surface area contributed by atoms with Gasteiger partial charge in [-0.3, -0.25) is 14.4 Å². The molecule has 5 nitrogen and oxygen atoms in total. The van der Waals surface area contributed by atoms with Crippen LogP contribution in [0.5, 0.6) is 0 Å². The van der Waals surface area contributed by atoms with Crippen LogP contribution in [0.3, 0.4) is 0 Å².